The highest BCUT2D eigenvalue weighted by molar-refractivity contribution is 5.78. The van der Waals surface area contributed by atoms with Crippen LogP contribution in [0.5, 0.6) is 0 Å². The molecule has 2 aliphatic rings. The first kappa shape index (κ1) is 47.0. The molecule has 2 unspecified atom stereocenters. The molecule has 4 nitrogen and oxygen atoms in total. The maximum atomic E-state index is 12.5. The van der Waals surface area contributed by atoms with Gasteiger partial charge in [0.15, 0.2) is 0 Å². The van der Waals surface area contributed by atoms with Gasteiger partial charge in [0.05, 0.1) is 11.1 Å². The molecule has 3 aromatic rings. The summed E-state index contributed by atoms with van der Waals surface area (Å²) in [5.41, 5.74) is 23.8. The number of rotatable bonds is 22. The lowest BCUT2D eigenvalue weighted by molar-refractivity contribution is -0.119. The van der Waals surface area contributed by atoms with Gasteiger partial charge >= 0.3 is 0 Å². The van der Waals surface area contributed by atoms with E-state index in [-0.39, 0.29) is 0 Å². The van der Waals surface area contributed by atoms with Crippen molar-refractivity contribution in [1.29, 1.82) is 0 Å². The Labute approximate surface area is 346 Å². The Morgan fingerprint density at radius 2 is 1.25 bits per heavy atom. The molecule has 5 rings (SSSR count). The summed E-state index contributed by atoms with van der Waals surface area (Å²) in [5.74, 6) is 0.368. The van der Waals surface area contributed by atoms with Crippen molar-refractivity contribution in [2.24, 2.45) is 11.5 Å². The molecule has 4 N–H and O–H groups in total. The molecule has 306 valence electrons. The van der Waals surface area contributed by atoms with Crippen LogP contribution in [0.1, 0.15) is 150 Å². The Morgan fingerprint density at radius 1 is 0.702 bits per heavy atom. The first-order valence-electron chi connectivity index (χ1n) is 21.8. The third-order valence-corrected chi connectivity index (χ3v) is 11.6. The van der Waals surface area contributed by atoms with Gasteiger partial charge < -0.3 is 16.3 Å². The van der Waals surface area contributed by atoms with E-state index >= 15 is 0 Å². The molecule has 0 amide bonds. The number of ketones is 1. The second-order valence-electron chi connectivity index (χ2n) is 15.6. The number of carbonyl (C=O) groups excluding carboxylic acids is 2. The summed E-state index contributed by atoms with van der Waals surface area (Å²) >= 11 is 0. The van der Waals surface area contributed by atoms with Gasteiger partial charge in [-0.05, 0) is 94.2 Å². The maximum Gasteiger partial charge on any atom is 0.133 e. The van der Waals surface area contributed by atoms with E-state index in [0.717, 1.165) is 85.5 Å². The van der Waals surface area contributed by atoms with Crippen molar-refractivity contribution >= 4 is 12.1 Å². The molecular formula is C53H72N2O2. The van der Waals surface area contributed by atoms with Crippen molar-refractivity contribution in [2.45, 2.75) is 147 Å². The fraction of sp³-hybridized carbons (Fsp3) is 0.434. The summed E-state index contributed by atoms with van der Waals surface area (Å²) in [6.07, 6.45) is 25.2. The normalized spacial score (nSPS) is 18.1. The summed E-state index contributed by atoms with van der Waals surface area (Å²) in [5, 5.41) is 0. The van der Waals surface area contributed by atoms with Crippen LogP contribution in [0.4, 0.5) is 0 Å². The number of carbonyl (C=O) groups is 2. The molecule has 2 atom stereocenters. The van der Waals surface area contributed by atoms with E-state index in [0.29, 0.717) is 25.0 Å². The molecule has 0 spiro atoms. The summed E-state index contributed by atoms with van der Waals surface area (Å²) in [6, 6.07) is 23.4. The van der Waals surface area contributed by atoms with Crippen molar-refractivity contribution < 1.29 is 9.59 Å². The number of hydrogen-bond acceptors (Lipinski definition) is 4. The third kappa shape index (κ3) is 12.6. The number of Topliss-reactive ketones (excluding diaryl/α,β-unsaturated/α-hetero) is 1. The first-order chi connectivity index (χ1) is 27.6. The zero-order valence-corrected chi connectivity index (χ0v) is 35.7. The van der Waals surface area contributed by atoms with Gasteiger partial charge in [-0.3, -0.25) is 4.79 Å². The number of aldehydes is 1. The second kappa shape index (κ2) is 24.4. The zero-order valence-electron chi connectivity index (χ0n) is 35.7. The highest BCUT2D eigenvalue weighted by Gasteiger charge is 2.41. The summed E-state index contributed by atoms with van der Waals surface area (Å²) in [4.78, 5) is 22.8. The molecule has 57 heavy (non-hydrogen) atoms. The molecule has 3 aromatic carbocycles. The lowest BCUT2D eigenvalue weighted by atomic mass is 9.81. The van der Waals surface area contributed by atoms with Crippen molar-refractivity contribution in [3.63, 3.8) is 0 Å². The molecule has 2 aliphatic carbocycles. The largest absolute Gasteiger partial charge is 0.314 e. The number of allylic oxidation sites excluding steroid dienone is 2. The van der Waals surface area contributed by atoms with E-state index in [2.05, 4.69) is 81.8 Å². The smallest absolute Gasteiger partial charge is 0.133 e. The topological polar surface area (TPSA) is 86.2 Å². The van der Waals surface area contributed by atoms with Crippen molar-refractivity contribution in [3.8, 4) is 0 Å². The van der Waals surface area contributed by atoms with Crippen molar-refractivity contribution in [1.82, 2.24) is 0 Å². The second-order valence-corrected chi connectivity index (χ2v) is 15.6. The van der Waals surface area contributed by atoms with Crippen LogP contribution in [-0.4, -0.2) is 12.1 Å². The minimum Gasteiger partial charge on any atom is -0.314 e. The lowest BCUT2D eigenvalue weighted by Crippen LogP contribution is -2.37. The van der Waals surface area contributed by atoms with E-state index < -0.39 is 11.1 Å². The maximum absolute atomic E-state index is 12.5. The van der Waals surface area contributed by atoms with Crippen LogP contribution in [0, 0.1) is 0 Å². The van der Waals surface area contributed by atoms with Gasteiger partial charge in [0, 0.05) is 19.3 Å². The fourth-order valence-corrected chi connectivity index (χ4v) is 8.29. The van der Waals surface area contributed by atoms with E-state index in [1.807, 2.05) is 44.2 Å². The van der Waals surface area contributed by atoms with E-state index in [9.17, 15) is 9.59 Å². The molecule has 0 bridgehead atoms. The molecule has 0 fully saturated rings. The van der Waals surface area contributed by atoms with Gasteiger partial charge in [0.1, 0.15) is 12.1 Å². The average Bonchev–Trinajstić information content (AvgIpc) is 3.64. The Balaban J connectivity index is 0.000000334. The average molecular weight is 769 g/mol. The Hall–Kier alpha value is -4.38. The molecule has 0 radical (unpaired) electrons. The number of nitrogens with two attached hydrogens (primary N) is 2. The van der Waals surface area contributed by atoms with Crippen LogP contribution in [0.2, 0.25) is 0 Å². The van der Waals surface area contributed by atoms with E-state index in [1.165, 1.54) is 72.8 Å². The predicted molar refractivity (Wildman–Crippen MR) is 244 cm³/mol. The van der Waals surface area contributed by atoms with Crippen LogP contribution in [0.25, 0.3) is 0 Å². The van der Waals surface area contributed by atoms with Gasteiger partial charge in [0.25, 0.3) is 0 Å². The van der Waals surface area contributed by atoms with E-state index in [1.54, 1.807) is 6.08 Å². The standard InChI is InChI=1S/C32H43NO2.C19H23N.C2H6/c1-26-24-28-21-19-27(25-31(28)32(26,33)29-16-12-11-13-17-29)20-22-30(35)18-14-9-7-5-3-2-4-6-8-10-15-23-34;1-5-8-15-10-11-16-12-14(4)19(20,18(16)13-15)17(7-3)9-6-2;1-2/h11-13,16-17,19,21,23,25H,1-10,14-15,18,20,22,24,33H2;6-7,9-11,13H,2-5,8,12,20H2,1H3;1-2H3/b;17-9+;. The van der Waals surface area contributed by atoms with E-state index in [4.69, 9.17) is 11.5 Å². The number of fused-ring (bicyclic) bond motifs is 2. The molecule has 0 aliphatic heterocycles. The molecule has 0 aromatic heterocycles. The molecular weight excluding hydrogens is 697 g/mol. The quantitative estimate of drug-likeness (QED) is 0.0461. The number of hydrogen-bond donors (Lipinski definition) is 2. The molecule has 0 heterocycles. The van der Waals surface area contributed by atoms with Gasteiger partial charge in [-0.15, -0.1) is 0 Å². The van der Waals surface area contributed by atoms with Gasteiger partial charge in [0.2, 0.25) is 0 Å². The lowest BCUT2D eigenvalue weighted by Gasteiger charge is -2.29. The Morgan fingerprint density at radius 3 is 1.82 bits per heavy atom. The molecule has 0 saturated heterocycles. The highest BCUT2D eigenvalue weighted by Crippen LogP contribution is 2.45. The Kier molecular flexibility index (Phi) is 20.1. The molecule has 0 saturated carbocycles. The van der Waals surface area contributed by atoms with Crippen LogP contribution < -0.4 is 11.5 Å². The van der Waals surface area contributed by atoms with Crippen LogP contribution in [0.15, 0.2) is 128 Å². The van der Waals surface area contributed by atoms with Crippen LogP contribution in [0.3, 0.4) is 0 Å². The van der Waals surface area contributed by atoms with Crippen LogP contribution in [-0.2, 0) is 46.4 Å². The number of benzene rings is 3. The first-order valence-corrected chi connectivity index (χ1v) is 21.8. The number of aryl methyl sites for hydroxylation is 2. The fourth-order valence-electron chi connectivity index (χ4n) is 8.29. The van der Waals surface area contributed by atoms with Crippen molar-refractivity contribution in [3.05, 3.63) is 167 Å². The monoisotopic (exact) mass is 769 g/mol. The Bertz CT molecular complexity index is 1820. The summed E-state index contributed by atoms with van der Waals surface area (Å²) in [6.45, 7) is 22.4. The minimum atomic E-state index is -0.646. The van der Waals surface area contributed by atoms with Crippen LogP contribution >= 0.6 is 0 Å². The number of unbranched alkanes of at least 4 members (excludes halogenated alkanes) is 10. The van der Waals surface area contributed by atoms with Gasteiger partial charge in [-0.25, -0.2) is 0 Å². The summed E-state index contributed by atoms with van der Waals surface area (Å²) in [7, 11) is 0. The third-order valence-electron chi connectivity index (χ3n) is 11.6. The zero-order chi connectivity index (χ0) is 41.7. The van der Waals surface area contributed by atoms with Gasteiger partial charge in [-0.1, -0.05) is 190 Å². The van der Waals surface area contributed by atoms with Gasteiger partial charge in [-0.2, -0.15) is 0 Å². The highest BCUT2D eigenvalue weighted by atomic mass is 16.1. The SMILES string of the molecule is C=C/C=C(\C=C)C1(N)C(=C)Cc2ccc(CCC)cc21.C=C1Cc2ccc(CCC(=O)CCCCCCCCCCCCC=O)cc2C1(N)c1ccccc1.CC. The van der Waals surface area contributed by atoms with Crippen molar-refractivity contribution in [2.75, 3.05) is 0 Å². The minimum absolute atomic E-state index is 0.368. The summed E-state index contributed by atoms with van der Waals surface area (Å²) < 4.78 is 0. The molecule has 4 heteroatoms. The predicted octanol–water partition coefficient (Wildman–Crippen LogP) is 12.6.